The predicted octanol–water partition coefficient (Wildman–Crippen LogP) is 3.81. The number of carbonyl (C=O) groups is 2. The Bertz CT molecular complexity index is 1060. The summed E-state index contributed by atoms with van der Waals surface area (Å²) in [6.07, 6.45) is 5.16. The molecule has 5 nitrogen and oxygen atoms in total. The van der Waals surface area contributed by atoms with E-state index in [1.165, 1.54) is 4.90 Å². The van der Waals surface area contributed by atoms with Crippen molar-refractivity contribution in [3.05, 3.63) is 60.7 Å². The van der Waals surface area contributed by atoms with Crippen LogP contribution < -0.4 is 4.90 Å². The highest BCUT2D eigenvalue weighted by Crippen LogP contribution is 2.53. The number of carbonyl (C=O) groups excluding carboxylic acids is 2. The fourth-order valence-corrected chi connectivity index (χ4v) is 4.91. The summed E-state index contributed by atoms with van der Waals surface area (Å²) >= 11 is 0. The minimum absolute atomic E-state index is 0.0588. The third kappa shape index (κ3) is 1.97. The molecule has 2 bridgehead atoms. The predicted molar refractivity (Wildman–Crippen MR) is 99.7 cm³/mol. The molecule has 4 atom stereocenters. The van der Waals surface area contributed by atoms with E-state index in [1.54, 1.807) is 12.1 Å². The van der Waals surface area contributed by atoms with E-state index in [1.807, 2.05) is 36.4 Å². The maximum atomic E-state index is 12.9. The molecule has 27 heavy (non-hydrogen) atoms. The number of oxazole rings is 1. The average Bonchev–Trinajstić information content (AvgIpc) is 3.45. The van der Waals surface area contributed by atoms with E-state index in [4.69, 9.17) is 4.42 Å². The van der Waals surface area contributed by atoms with Gasteiger partial charge in [-0.1, -0.05) is 24.3 Å². The van der Waals surface area contributed by atoms with Crippen LogP contribution in [0.1, 0.15) is 6.42 Å². The zero-order valence-electron chi connectivity index (χ0n) is 14.4. The Kier molecular flexibility index (Phi) is 2.85. The second kappa shape index (κ2) is 5.16. The fraction of sp³-hybridized carbons (Fsp3) is 0.227. The largest absolute Gasteiger partial charge is 0.436 e. The minimum Gasteiger partial charge on any atom is -0.436 e. The minimum atomic E-state index is -0.177. The summed E-state index contributed by atoms with van der Waals surface area (Å²) in [4.78, 5) is 31.7. The summed E-state index contributed by atoms with van der Waals surface area (Å²) in [5, 5.41) is 0. The van der Waals surface area contributed by atoms with Crippen LogP contribution in [0, 0.1) is 23.7 Å². The van der Waals surface area contributed by atoms with Gasteiger partial charge in [0.2, 0.25) is 17.7 Å². The van der Waals surface area contributed by atoms with Crippen molar-refractivity contribution in [3.63, 3.8) is 0 Å². The molecule has 2 aromatic carbocycles. The number of amides is 2. The average molecular weight is 356 g/mol. The van der Waals surface area contributed by atoms with Gasteiger partial charge in [0.25, 0.3) is 0 Å². The van der Waals surface area contributed by atoms with Crippen LogP contribution in [-0.2, 0) is 9.59 Å². The molecule has 132 valence electrons. The SMILES string of the molecule is O=C1C2C3C=CC(C3)C2C(=O)N1c1ccc(-c2nc3ccccc3o2)cc1. The molecule has 6 rings (SSSR count). The molecule has 0 N–H and O–H groups in total. The number of allylic oxidation sites excluding steroid dienone is 2. The van der Waals surface area contributed by atoms with Crippen LogP contribution in [0.3, 0.4) is 0 Å². The number of anilines is 1. The Hall–Kier alpha value is -3.21. The smallest absolute Gasteiger partial charge is 0.238 e. The molecular weight excluding hydrogens is 340 g/mol. The second-order valence-corrected chi connectivity index (χ2v) is 7.55. The molecule has 2 heterocycles. The summed E-state index contributed by atoms with van der Waals surface area (Å²) < 4.78 is 5.79. The number of imide groups is 1. The number of aromatic nitrogens is 1. The van der Waals surface area contributed by atoms with E-state index in [0.29, 0.717) is 11.6 Å². The van der Waals surface area contributed by atoms with Gasteiger partial charge in [-0.15, -0.1) is 0 Å². The maximum Gasteiger partial charge on any atom is 0.238 e. The molecular formula is C22H16N2O3. The lowest BCUT2D eigenvalue weighted by molar-refractivity contribution is -0.123. The van der Waals surface area contributed by atoms with E-state index in [2.05, 4.69) is 17.1 Å². The van der Waals surface area contributed by atoms with Crippen molar-refractivity contribution >= 4 is 28.6 Å². The molecule has 1 aromatic heterocycles. The molecule has 3 aliphatic rings. The number of benzene rings is 2. The van der Waals surface area contributed by atoms with Gasteiger partial charge in [0.1, 0.15) is 5.52 Å². The van der Waals surface area contributed by atoms with E-state index in [0.717, 1.165) is 23.1 Å². The van der Waals surface area contributed by atoms with E-state index in [9.17, 15) is 9.59 Å². The topological polar surface area (TPSA) is 63.4 Å². The standard InChI is InChI=1S/C22H16N2O3/c25-21-18-13-5-6-14(11-13)19(18)22(26)24(21)15-9-7-12(8-10-15)20-23-16-3-1-2-4-17(16)27-20/h1-10,13-14,18-19H,11H2. The number of para-hydroxylation sites is 2. The molecule has 1 aliphatic heterocycles. The van der Waals surface area contributed by atoms with Crippen LogP contribution in [0.5, 0.6) is 0 Å². The molecule has 1 saturated carbocycles. The molecule has 5 heteroatoms. The molecule has 0 radical (unpaired) electrons. The molecule has 3 aromatic rings. The lowest BCUT2D eigenvalue weighted by Gasteiger charge is -2.17. The van der Waals surface area contributed by atoms with Gasteiger partial charge in [-0.3, -0.25) is 14.5 Å². The van der Waals surface area contributed by atoms with Gasteiger partial charge in [0, 0.05) is 5.56 Å². The number of hydrogen-bond acceptors (Lipinski definition) is 4. The Morgan fingerprint density at radius 1 is 0.889 bits per heavy atom. The Labute approximate surface area is 155 Å². The van der Waals surface area contributed by atoms with Crippen LogP contribution in [0.15, 0.2) is 65.1 Å². The molecule has 0 spiro atoms. The molecule has 1 saturated heterocycles. The number of fused-ring (bicyclic) bond motifs is 6. The van der Waals surface area contributed by atoms with Crippen molar-refractivity contribution in [3.8, 4) is 11.5 Å². The van der Waals surface area contributed by atoms with Crippen molar-refractivity contribution in [1.29, 1.82) is 0 Å². The fourth-order valence-electron chi connectivity index (χ4n) is 4.91. The molecule has 2 amide bonds. The van der Waals surface area contributed by atoms with Gasteiger partial charge >= 0.3 is 0 Å². The van der Waals surface area contributed by atoms with E-state index in [-0.39, 0.29) is 35.5 Å². The Morgan fingerprint density at radius 2 is 1.56 bits per heavy atom. The highest BCUT2D eigenvalue weighted by Gasteiger charge is 2.59. The van der Waals surface area contributed by atoms with Gasteiger partial charge in [0.15, 0.2) is 5.58 Å². The van der Waals surface area contributed by atoms with Crippen LogP contribution in [-0.4, -0.2) is 16.8 Å². The lowest BCUT2D eigenvalue weighted by atomic mass is 9.85. The second-order valence-electron chi connectivity index (χ2n) is 7.55. The van der Waals surface area contributed by atoms with Crippen LogP contribution in [0.2, 0.25) is 0 Å². The first-order chi connectivity index (χ1) is 13.2. The first kappa shape index (κ1) is 14.9. The van der Waals surface area contributed by atoms with E-state index < -0.39 is 0 Å². The van der Waals surface area contributed by atoms with Crippen molar-refractivity contribution in [2.24, 2.45) is 23.7 Å². The van der Waals surface area contributed by atoms with Gasteiger partial charge in [-0.25, -0.2) is 4.98 Å². The van der Waals surface area contributed by atoms with Gasteiger partial charge in [-0.05, 0) is 54.7 Å². The zero-order valence-corrected chi connectivity index (χ0v) is 14.4. The zero-order chi connectivity index (χ0) is 18.1. The van der Waals surface area contributed by atoms with Crippen LogP contribution in [0.4, 0.5) is 5.69 Å². The maximum absolute atomic E-state index is 12.9. The first-order valence-corrected chi connectivity index (χ1v) is 9.23. The highest BCUT2D eigenvalue weighted by molar-refractivity contribution is 6.22. The summed E-state index contributed by atoms with van der Waals surface area (Å²) in [5.41, 5.74) is 2.98. The molecule has 2 aliphatic carbocycles. The molecule has 2 fully saturated rings. The van der Waals surface area contributed by atoms with Crippen molar-refractivity contribution < 1.29 is 14.0 Å². The first-order valence-electron chi connectivity index (χ1n) is 9.23. The van der Waals surface area contributed by atoms with Crippen molar-refractivity contribution in [2.45, 2.75) is 6.42 Å². The monoisotopic (exact) mass is 356 g/mol. The quantitative estimate of drug-likeness (QED) is 0.517. The lowest BCUT2D eigenvalue weighted by Crippen LogP contribution is -2.32. The van der Waals surface area contributed by atoms with Gasteiger partial charge in [-0.2, -0.15) is 0 Å². The summed E-state index contributed by atoms with van der Waals surface area (Å²) in [5.74, 6) is 0.503. The number of nitrogens with zero attached hydrogens (tertiary/aromatic N) is 2. The Balaban J connectivity index is 1.33. The van der Waals surface area contributed by atoms with Crippen LogP contribution in [0.25, 0.3) is 22.6 Å². The summed E-state index contributed by atoms with van der Waals surface area (Å²) in [7, 11) is 0. The summed E-state index contributed by atoms with van der Waals surface area (Å²) in [6.45, 7) is 0. The van der Waals surface area contributed by atoms with Crippen molar-refractivity contribution in [2.75, 3.05) is 4.90 Å². The van der Waals surface area contributed by atoms with Gasteiger partial charge < -0.3 is 4.42 Å². The number of rotatable bonds is 2. The molecule has 4 unspecified atom stereocenters. The Morgan fingerprint density at radius 3 is 2.22 bits per heavy atom. The van der Waals surface area contributed by atoms with Crippen LogP contribution >= 0.6 is 0 Å². The third-order valence-electron chi connectivity index (χ3n) is 6.14. The number of hydrogen-bond donors (Lipinski definition) is 0. The summed E-state index contributed by atoms with van der Waals surface area (Å²) in [6, 6.07) is 14.9. The normalized spacial score (nSPS) is 28.5. The highest BCUT2D eigenvalue weighted by atomic mass is 16.3. The van der Waals surface area contributed by atoms with Gasteiger partial charge in [0.05, 0.1) is 17.5 Å². The van der Waals surface area contributed by atoms with E-state index >= 15 is 0 Å². The van der Waals surface area contributed by atoms with Crippen molar-refractivity contribution in [1.82, 2.24) is 4.98 Å². The third-order valence-corrected chi connectivity index (χ3v) is 6.14.